The van der Waals surface area contributed by atoms with E-state index in [1.165, 1.54) is 13.1 Å². The highest BCUT2D eigenvalue weighted by atomic mass is 32.2. The average molecular weight is 334 g/mol. The lowest BCUT2D eigenvalue weighted by molar-refractivity contribution is 0.0988. The second-order valence-electron chi connectivity index (χ2n) is 5.58. The van der Waals surface area contributed by atoms with Gasteiger partial charge in [-0.3, -0.25) is 4.79 Å². The van der Waals surface area contributed by atoms with Crippen LogP contribution in [0.4, 0.5) is 5.69 Å². The lowest BCUT2D eigenvalue weighted by Crippen LogP contribution is -2.29. The van der Waals surface area contributed by atoms with Gasteiger partial charge in [0, 0.05) is 18.3 Å². The minimum Gasteiger partial charge on any atom is -0.448 e. The zero-order chi connectivity index (χ0) is 16.8. The fraction of sp³-hybridized carbons (Fsp3) is 0.312. The summed E-state index contributed by atoms with van der Waals surface area (Å²) in [4.78, 5) is 14.5. The number of furan rings is 1. The lowest BCUT2D eigenvalue weighted by atomic mass is 10.1. The number of rotatable bonds is 3. The van der Waals surface area contributed by atoms with Gasteiger partial charge in [-0.25, -0.2) is 13.1 Å². The minimum atomic E-state index is -3.71. The quantitative estimate of drug-likeness (QED) is 0.931. The van der Waals surface area contributed by atoms with E-state index in [0.717, 1.165) is 23.2 Å². The van der Waals surface area contributed by atoms with Gasteiger partial charge in [-0.2, -0.15) is 0 Å². The molecule has 0 saturated heterocycles. The molecule has 23 heavy (non-hydrogen) atoms. The summed E-state index contributed by atoms with van der Waals surface area (Å²) < 4.78 is 31.1. The normalized spacial score (nSPS) is 14.1. The number of nitrogens with one attached hydrogen (secondary N) is 1. The molecular formula is C16H18N2O4S. The maximum Gasteiger partial charge on any atom is 0.273 e. The SMILES string of the molecule is CNS(=O)(=O)c1cc(C(=O)N2CCc3ccc(C)cc32)c(C)o1. The number of aryl methyl sites for hydroxylation is 2. The van der Waals surface area contributed by atoms with E-state index in [1.807, 2.05) is 25.1 Å². The summed E-state index contributed by atoms with van der Waals surface area (Å²) in [5, 5.41) is -0.246. The first-order chi connectivity index (χ1) is 10.8. The predicted molar refractivity (Wildman–Crippen MR) is 86.3 cm³/mol. The molecule has 2 aromatic rings. The molecular weight excluding hydrogens is 316 g/mol. The topological polar surface area (TPSA) is 79.6 Å². The van der Waals surface area contributed by atoms with E-state index in [0.29, 0.717) is 12.3 Å². The number of benzene rings is 1. The first-order valence-electron chi connectivity index (χ1n) is 7.29. The Morgan fingerprint density at radius 2 is 2.00 bits per heavy atom. The van der Waals surface area contributed by atoms with Crippen molar-refractivity contribution in [2.75, 3.05) is 18.5 Å². The van der Waals surface area contributed by atoms with Gasteiger partial charge in [0.25, 0.3) is 15.9 Å². The van der Waals surface area contributed by atoms with Crippen LogP contribution < -0.4 is 9.62 Å². The van der Waals surface area contributed by atoms with Crippen LogP contribution in [-0.2, 0) is 16.4 Å². The predicted octanol–water partition coefficient (Wildman–Crippen LogP) is 2.01. The van der Waals surface area contributed by atoms with Gasteiger partial charge in [0.05, 0.1) is 5.56 Å². The second kappa shape index (κ2) is 5.50. The Bertz CT molecular complexity index is 883. The smallest absolute Gasteiger partial charge is 0.273 e. The van der Waals surface area contributed by atoms with Crippen LogP contribution in [0, 0.1) is 13.8 Å². The Hall–Kier alpha value is -2.12. The molecule has 1 N–H and O–H groups in total. The molecule has 7 heteroatoms. The Morgan fingerprint density at radius 1 is 1.26 bits per heavy atom. The average Bonchev–Trinajstić information content (AvgIpc) is 3.10. The minimum absolute atomic E-state index is 0.242. The fourth-order valence-corrected chi connectivity index (χ4v) is 3.45. The number of nitrogens with zero attached hydrogens (tertiary/aromatic N) is 1. The van der Waals surface area contributed by atoms with Gasteiger partial charge in [0.1, 0.15) is 5.76 Å². The molecule has 0 radical (unpaired) electrons. The molecule has 1 amide bonds. The van der Waals surface area contributed by atoms with Crippen molar-refractivity contribution < 1.29 is 17.6 Å². The van der Waals surface area contributed by atoms with E-state index in [9.17, 15) is 13.2 Å². The Balaban J connectivity index is 1.99. The number of hydrogen-bond acceptors (Lipinski definition) is 4. The fourth-order valence-electron chi connectivity index (χ4n) is 2.75. The van der Waals surface area contributed by atoms with Crippen LogP contribution in [0.3, 0.4) is 0 Å². The number of fused-ring (bicyclic) bond motifs is 1. The van der Waals surface area contributed by atoms with Crippen molar-refractivity contribution in [3.05, 3.63) is 46.7 Å². The summed E-state index contributed by atoms with van der Waals surface area (Å²) in [6, 6.07) is 7.31. The van der Waals surface area contributed by atoms with E-state index in [-0.39, 0.29) is 16.6 Å². The molecule has 1 aromatic carbocycles. The molecule has 0 fully saturated rings. The van der Waals surface area contributed by atoms with Crippen molar-refractivity contribution in [1.82, 2.24) is 4.72 Å². The number of anilines is 1. The molecule has 0 saturated carbocycles. The Morgan fingerprint density at radius 3 is 2.70 bits per heavy atom. The molecule has 0 spiro atoms. The standard InChI is InChI=1S/C16H18N2O4S/c1-10-4-5-12-6-7-18(14(12)8-10)16(19)13-9-15(22-11(13)2)23(20,21)17-3/h4-5,8-9,17H,6-7H2,1-3H3. The van der Waals surface area contributed by atoms with Crippen molar-refractivity contribution in [3.8, 4) is 0 Å². The monoisotopic (exact) mass is 334 g/mol. The van der Waals surface area contributed by atoms with Gasteiger partial charge in [-0.15, -0.1) is 0 Å². The number of carbonyl (C=O) groups excluding carboxylic acids is 1. The van der Waals surface area contributed by atoms with Crippen molar-refractivity contribution in [2.45, 2.75) is 25.4 Å². The number of carbonyl (C=O) groups is 1. The third-order valence-corrected chi connectivity index (χ3v) is 5.31. The van der Waals surface area contributed by atoms with Crippen LogP contribution in [0.25, 0.3) is 0 Å². The largest absolute Gasteiger partial charge is 0.448 e. The highest BCUT2D eigenvalue weighted by molar-refractivity contribution is 7.89. The molecule has 1 aliphatic heterocycles. The van der Waals surface area contributed by atoms with Crippen molar-refractivity contribution in [3.63, 3.8) is 0 Å². The van der Waals surface area contributed by atoms with E-state index in [1.54, 1.807) is 11.8 Å². The molecule has 0 aliphatic carbocycles. The summed E-state index contributed by atoms with van der Waals surface area (Å²) in [6.07, 6.45) is 0.792. The van der Waals surface area contributed by atoms with Crippen LogP contribution in [0.5, 0.6) is 0 Å². The Labute approximate surface area is 135 Å². The van der Waals surface area contributed by atoms with Gasteiger partial charge >= 0.3 is 0 Å². The summed E-state index contributed by atoms with van der Waals surface area (Å²) in [5.74, 6) is 0.0538. The van der Waals surface area contributed by atoms with Crippen molar-refractivity contribution in [2.24, 2.45) is 0 Å². The summed E-state index contributed by atoms with van der Waals surface area (Å²) in [7, 11) is -2.41. The third-order valence-electron chi connectivity index (χ3n) is 4.04. The first-order valence-corrected chi connectivity index (χ1v) is 8.77. The van der Waals surface area contributed by atoms with Gasteiger partial charge in [-0.05, 0) is 44.5 Å². The van der Waals surface area contributed by atoms with Crippen LogP contribution in [0.1, 0.15) is 27.2 Å². The molecule has 122 valence electrons. The summed E-state index contributed by atoms with van der Waals surface area (Å²) in [6.45, 7) is 4.15. The lowest BCUT2D eigenvalue weighted by Gasteiger charge is -2.17. The van der Waals surface area contributed by atoms with Crippen molar-refractivity contribution >= 4 is 21.6 Å². The molecule has 2 heterocycles. The number of hydrogen-bond donors (Lipinski definition) is 1. The third kappa shape index (κ3) is 2.66. The van der Waals surface area contributed by atoms with Gasteiger partial charge in [0.15, 0.2) is 0 Å². The number of sulfonamides is 1. The zero-order valence-corrected chi connectivity index (χ0v) is 14.0. The second-order valence-corrected chi connectivity index (χ2v) is 7.40. The van der Waals surface area contributed by atoms with Crippen LogP contribution in [-0.4, -0.2) is 27.9 Å². The molecule has 0 atom stereocenters. The van der Waals surface area contributed by atoms with Gasteiger partial charge in [0.2, 0.25) is 5.09 Å². The molecule has 0 bridgehead atoms. The Kier molecular flexibility index (Phi) is 3.77. The maximum atomic E-state index is 12.8. The van der Waals surface area contributed by atoms with Crippen LogP contribution in [0.15, 0.2) is 33.8 Å². The van der Waals surface area contributed by atoms with E-state index >= 15 is 0 Å². The molecule has 1 aromatic heterocycles. The van der Waals surface area contributed by atoms with Crippen LogP contribution in [0.2, 0.25) is 0 Å². The molecule has 0 unspecified atom stereocenters. The number of amides is 1. The zero-order valence-electron chi connectivity index (χ0n) is 13.2. The van der Waals surface area contributed by atoms with Gasteiger partial charge in [-0.1, -0.05) is 12.1 Å². The van der Waals surface area contributed by atoms with Crippen molar-refractivity contribution in [1.29, 1.82) is 0 Å². The molecule has 1 aliphatic rings. The highest BCUT2D eigenvalue weighted by Gasteiger charge is 2.30. The van der Waals surface area contributed by atoms with Crippen LogP contribution >= 0.6 is 0 Å². The van der Waals surface area contributed by atoms with E-state index in [4.69, 9.17) is 4.42 Å². The van der Waals surface area contributed by atoms with Gasteiger partial charge < -0.3 is 9.32 Å². The maximum absolute atomic E-state index is 12.8. The molecule has 3 rings (SSSR count). The molecule has 6 nitrogen and oxygen atoms in total. The first kappa shape index (κ1) is 15.8. The highest BCUT2D eigenvalue weighted by Crippen LogP contribution is 2.31. The summed E-state index contributed by atoms with van der Waals surface area (Å²) >= 11 is 0. The van der Waals surface area contributed by atoms with E-state index in [2.05, 4.69) is 4.72 Å². The summed E-state index contributed by atoms with van der Waals surface area (Å²) in [5.41, 5.74) is 3.35. The van der Waals surface area contributed by atoms with E-state index < -0.39 is 10.0 Å².